The molecule has 0 saturated heterocycles. The molecule has 1 rings (SSSR count). The van der Waals surface area contributed by atoms with Crippen LogP contribution in [0.25, 0.3) is 0 Å². The van der Waals surface area contributed by atoms with E-state index >= 15 is 0 Å². The van der Waals surface area contributed by atoms with Crippen LogP contribution >= 0.6 is 0 Å². The van der Waals surface area contributed by atoms with Gasteiger partial charge in [0.15, 0.2) is 0 Å². The third-order valence-electron chi connectivity index (χ3n) is 3.99. The first-order valence-corrected chi connectivity index (χ1v) is 8.42. The Bertz CT molecular complexity index is 610. The summed E-state index contributed by atoms with van der Waals surface area (Å²) in [7, 11) is 2.50. The normalized spacial score (nSPS) is 15.4. The minimum atomic E-state index is -1.40. The van der Waals surface area contributed by atoms with Gasteiger partial charge >= 0.3 is 0 Å². The molecule has 6 N–H and O–H groups in total. The molecule has 0 saturated carbocycles. The zero-order valence-corrected chi connectivity index (χ0v) is 15.6. The Kier molecular flexibility index (Phi) is 9.31. The third-order valence-corrected chi connectivity index (χ3v) is 3.99. The van der Waals surface area contributed by atoms with Crippen LogP contribution in [-0.2, 0) is 0 Å². The second kappa shape index (κ2) is 10.9. The van der Waals surface area contributed by atoms with E-state index in [0.29, 0.717) is 0 Å². The van der Waals surface area contributed by atoms with Gasteiger partial charge < -0.3 is 40.4 Å². The van der Waals surface area contributed by atoms with E-state index in [1.807, 2.05) is 0 Å². The van der Waals surface area contributed by atoms with E-state index in [1.165, 1.54) is 14.1 Å². The van der Waals surface area contributed by atoms with Crippen molar-refractivity contribution in [2.24, 2.45) is 0 Å². The Morgan fingerprint density at radius 1 is 0.857 bits per heavy atom. The van der Waals surface area contributed by atoms with Gasteiger partial charge in [0.05, 0.1) is 37.8 Å². The van der Waals surface area contributed by atoms with Gasteiger partial charge in [-0.3, -0.25) is 14.6 Å². The van der Waals surface area contributed by atoms with Gasteiger partial charge in [-0.2, -0.15) is 0 Å². The van der Waals surface area contributed by atoms with E-state index in [9.17, 15) is 30.0 Å². The van der Waals surface area contributed by atoms with Crippen LogP contribution in [0.1, 0.15) is 33.8 Å². The van der Waals surface area contributed by atoms with Crippen molar-refractivity contribution < 1.29 is 40.2 Å². The largest absolute Gasteiger partial charge is 0.394 e. The summed E-state index contributed by atoms with van der Waals surface area (Å²) in [5.41, 5.74) is -0.520. The smallest absolute Gasteiger partial charge is 0.275 e. The SMILES string of the molecule is CN(C(=O)c1cncc(C(=O)N(C)C(O)CC(O)CO)n1)C(O)CC(O)CO. The molecule has 4 atom stereocenters. The van der Waals surface area contributed by atoms with Crippen LogP contribution in [0.2, 0.25) is 0 Å². The van der Waals surface area contributed by atoms with Gasteiger partial charge in [-0.25, -0.2) is 4.98 Å². The quantitative estimate of drug-likeness (QED) is 0.217. The van der Waals surface area contributed by atoms with Crippen molar-refractivity contribution in [3.8, 4) is 0 Å². The van der Waals surface area contributed by atoms with Crippen LogP contribution in [0.15, 0.2) is 12.4 Å². The number of carbonyl (C=O) groups excluding carboxylic acids is 2. The minimum Gasteiger partial charge on any atom is -0.394 e. The molecule has 12 heteroatoms. The number of aliphatic hydroxyl groups excluding tert-OH is 6. The van der Waals surface area contributed by atoms with Crippen LogP contribution in [0.4, 0.5) is 0 Å². The van der Waals surface area contributed by atoms with Crippen LogP contribution in [0, 0.1) is 0 Å². The Balaban J connectivity index is 2.90. The van der Waals surface area contributed by atoms with Crippen LogP contribution in [0.5, 0.6) is 0 Å². The lowest BCUT2D eigenvalue weighted by Gasteiger charge is -2.26. The molecule has 0 spiro atoms. The predicted molar refractivity (Wildman–Crippen MR) is 93.7 cm³/mol. The minimum absolute atomic E-state index is 0.260. The molecule has 0 aliphatic heterocycles. The maximum absolute atomic E-state index is 12.4. The van der Waals surface area contributed by atoms with Crippen molar-refractivity contribution in [2.45, 2.75) is 37.5 Å². The molecule has 0 bridgehead atoms. The number of carbonyl (C=O) groups is 2. The average Bonchev–Trinajstić information content (AvgIpc) is 2.70. The maximum Gasteiger partial charge on any atom is 0.275 e. The van der Waals surface area contributed by atoms with Crippen molar-refractivity contribution in [2.75, 3.05) is 27.3 Å². The predicted octanol–water partition coefficient (Wildman–Crippen LogP) is -3.26. The number of rotatable bonds is 10. The van der Waals surface area contributed by atoms with Crippen molar-refractivity contribution in [3.05, 3.63) is 23.8 Å². The fourth-order valence-electron chi connectivity index (χ4n) is 2.16. The molecule has 2 amide bonds. The summed E-state index contributed by atoms with van der Waals surface area (Å²) >= 11 is 0. The first-order chi connectivity index (χ1) is 13.1. The van der Waals surface area contributed by atoms with Crippen molar-refractivity contribution in [1.82, 2.24) is 19.8 Å². The molecule has 1 aromatic rings. The lowest BCUT2D eigenvalue weighted by atomic mass is 10.2. The Morgan fingerprint density at radius 2 is 1.21 bits per heavy atom. The molecular formula is C16H26N4O8. The second-order valence-corrected chi connectivity index (χ2v) is 6.23. The van der Waals surface area contributed by atoms with Crippen LogP contribution in [-0.4, -0.2) is 114 Å². The van der Waals surface area contributed by atoms with E-state index in [1.54, 1.807) is 0 Å². The molecule has 1 heterocycles. The van der Waals surface area contributed by atoms with E-state index in [-0.39, 0.29) is 24.2 Å². The van der Waals surface area contributed by atoms with Gasteiger partial charge in [0, 0.05) is 26.9 Å². The molecule has 0 aromatic carbocycles. The van der Waals surface area contributed by atoms with Crippen molar-refractivity contribution in [1.29, 1.82) is 0 Å². The highest BCUT2D eigenvalue weighted by Crippen LogP contribution is 2.10. The monoisotopic (exact) mass is 402 g/mol. The van der Waals surface area contributed by atoms with E-state index in [0.717, 1.165) is 22.2 Å². The summed E-state index contributed by atoms with van der Waals surface area (Å²) in [5.74, 6) is -1.56. The second-order valence-electron chi connectivity index (χ2n) is 6.23. The number of hydrogen-bond acceptors (Lipinski definition) is 10. The lowest BCUT2D eigenvalue weighted by molar-refractivity contribution is -0.0213. The Hall–Kier alpha value is -2.22. The number of nitrogens with zero attached hydrogens (tertiary/aromatic N) is 4. The van der Waals surface area contributed by atoms with E-state index < -0.39 is 49.7 Å². The van der Waals surface area contributed by atoms with Gasteiger partial charge in [-0.05, 0) is 0 Å². The van der Waals surface area contributed by atoms with Crippen LogP contribution < -0.4 is 0 Å². The number of aliphatic hydroxyl groups is 6. The molecule has 28 heavy (non-hydrogen) atoms. The summed E-state index contributed by atoms with van der Waals surface area (Å²) in [4.78, 5) is 34.2. The highest BCUT2D eigenvalue weighted by Gasteiger charge is 2.26. The van der Waals surface area contributed by atoms with Gasteiger partial charge in [0.25, 0.3) is 11.8 Å². The highest BCUT2D eigenvalue weighted by atomic mass is 16.3. The fraction of sp³-hybridized carbons (Fsp3) is 0.625. The number of aromatic nitrogens is 2. The highest BCUT2D eigenvalue weighted by molar-refractivity contribution is 5.95. The molecular weight excluding hydrogens is 376 g/mol. The first-order valence-electron chi connectivity index (χ1n) is 8.42. The molecule has 4 unspecified atom stereocenters. The fourth-order valence-corrected chi connectivity index (χ4v) is 2.16. The molecule has 0 fully saturated rings. The Morgan fingerprint density at radius 3 is 1.54 bits per heavy atom. The topological polar surface area (TPSA) is 188 Å². The average molecular weight is 402 g/mol. The van der Waals surface area contributed by atoms with Gasteiger partial charge in [0.1, 0.15) is 23.8 Å². The van der Waals surface area contributed by atoms with Crippen LogP contribution in [0.3, 0.4) is 0 Å². The van der Waals surface area contributed by atoms with Crippen molar-refractivity contribution >= 4 is 11.8 Å². The molecule has 0 radical (unpaired) electrons. The number of hydrogen-bond donors (Lipinski definition) is 6. The third kappa shape index (κ3) is 6.44. The molecule has 12 nitrogen and oxygen atoms in total. The van der Waals surface area contributed by atoms with E-state index in [4.69, 9.17) is 10.2 Å². The standard InChI is InChI=1S/C16H26N4O8/c1-19(13(25)3-9(23)7-21)15(27)11-5-17-6-12(18-11)16(28)20(2)14(26)4-10(24)8-22/h5-6,9-10,13-14,21-26H,3-4,7-8H2,1-2H3. The summed E-state index contributed by atoms with van der Waals surface area (Å²) in [6, 6.07) is 0. The molecule has 0 aliphatic rings. The van der Waals surface area contributed by atoms with Gasteiger partial charge in [-0.15, -0.1) is 0 Å². The summed E-state index contributed by atoms with van der Waals surface area (Å²) < 4.78 is 0. The first kappa shape index (κ1) is 23.8. The zero-order chi connectivity index (χ0) is 21.4. The van der Waals surface area contributed by atoms with E-state index in [2.05, 4.69) is 9.97 Å². The molecule has 158 valence electrons. The molecule has 0 aliphatic carbocycles. The maximum atomic E-state index is 12.4. The van der Waals surface area contributed by atoms with Gasteiger partial charge in [-0.1, -0.05) is 0 Å². The van der Waals surface area contributed by atoms with Gasteiger partial charge in [0.2, 0.25) is 0 Å². The summed E-state index contributed by atoms with van der Waals surface area (Å²) in [6.45, 7) is -1.16. The van der Waals surface area contributed by atoms with Crippen molar-refractivity contribution in [3.63, 3.8) is 0 Å². The molecule has 1 aromatic heterocycles. The Labute approximate surface area is 161 Å². The summed E-state index contributed by atoms with van der Waals surface area (Å²) in [6.07, 6.45) is -3.64. The zero-order valence-electron chi connectivity index (χ0n) is 15.6. The lowest BCUT2D eigenvalue weighted by Crippen LogP contribution is -2.41. The number of amides is 2. The summed E-state index contributed by atoms with van der Waals surface area (Å²) in [5, 5.41) is 56.2.